The van der Waals surface area contributed by atoms with Crippen molar-refractivity contribution >= 4 is 40.2 Å². The normalized spacial score (nSPS) is 21.5. The molecule has 2 aliphatic rings. The Morgan fingerprint density at radius 3 is 2.67 bits per heavy atom. The number of halogens is 1. The van der Waals surface area contributed by atoms with Crippen LogP contribution in [0.15, 0.2) is 16.0 Å². The van der Waals surface area contributed by atoms with E-state index in [0.717, 1.165) is 0 Å². The summed E-state index contributed by atoms with van der Waals surface area (Å²) < 4.78 is 32.0. The van der Waals surface area contributed by atoms with E-state index >= 15 is 4.39 Å². The van der Waals surface area contributed by atoms with Crippen molar-refractivity contribution in [1.82, 2.24) is 15.0 Å². The highest BCUT2D eigenvalue weighted by molar-refractivity contribution is 7.13. The van der Waals surface area contributed by atoms with Gasteiger partial charge >= 0.3 is 0 Å². The summed E-state index contributed by atoms with van der Waals surface area (Å²) in [6.07, 6.45) is 0.423. The van der Waals surface area contributed by atoms with E-state index in [4.69, 9.17) is 14.0 Å². The Labute approximate surface area is 193 Å². The van der Waals surface area contributed by atoms with Gasteiger partial charge in [0.1, 0.15) is 10.7 Å². The molecule has 4 heterocycles. The number of thiazole rings is 1. The SMILES string of the molecule is CC1CN(c2c(C=O)cc3c(-c4nc(C(=O)N5CCOCC5)cs4)noc3c2F)CC(C)O1. The third kappa shape index (κ3) is 4.00. The number of fused-ring (bicyclic) bond motifs is 1. The highest BCUT2D eigenvalue weighted by Gasteiger charge is 2.30. The zero-order valence-corrected chi connectivity index (χ0v) is 19.1. The molecule has 5 rings (SSSR count). The second-order valence-corrected chi connectivity index (χ2v) is 9.12. The van der Waals surface area contributed by atoms with Gasteiger partial charge in [-0.15, -0.1) is 11.3 Å². The molecule has 174 valence electrons. The smallest absolute Gasteiger partial charge is 0.273 e. The van der Waals surface area contributed by atoms with Crippen LogP contribution in [0.1, 0.15) is 34.7 Å². The predicted octanol–water partition coefficient (Wildman–Crippen LogP) is 2.99. The van der Waals surface area contributed by atoms with E-state index in [9.17, 15) is 9.59 Å². The summed E-state index contributed by atoms with van der Waals surface area (Å²) in [6.45, 7) is 6.72. The van der Waals surface area contributed by atoms with Crippen molar-refractivity contribution in [3.63, 3.8) is 0 Å². The fraction of sp³-hybridized carbons (Fsp3) is 0.455. The zero-order chi connectivity index (χ0) is 23.1. The largest absolute Gasteiger partial charge is 0.378 e. The number of aromatic nitrogens is 2. The third-order valence-corrected chi connectivity index (χ3v) is 6.64. The predicted molar refractivity (Wildman–Crippen MR) is 119 cm³/mol. The first kappa shape index (κ1) is 21.9. The first-order valence-corrected chi connectivity index (χ1v) is 11.6. The molecule has 3 aromatic rings. The van der Waals surface area contributed by atoms with Crippen molar-refractivity contribution < 1.29 is 28.0 Å². The second-order valence-electron chi connectivity index (χ2n) is 8.26. The number of ether oxygens (including phenoxy) is 2. The maximum absolute atomic E-state index is 15.6. The lowest BCUT2D eigenvalue weighted by atomic mass is 10.1. The Hall–Kier alpha value is -2.89. The fourth-order valence-electron chi connectivity index (χ4n) is 4.38. The van der Waals surface area contributed by atoms with Gasteiger partial charge in [-0.1, -0.05) is 5.16 Å². The molecule has 2 unspecified atom stereocenters. The van der Waals surface area contributed by atoms with Crippen molar-refractivity contribution in [3.8, 4) is 10.7 Å². The van der Waals surface area contributed by atoms with Crippen LogP contribution in [0.2, 0.25) is 0 Å². The maximum Gasteiger partial charge on any atom is 0.273 e. The Morgan fingerprint density at radius 1 is 1.24 bits per heavy atom. The van der Waals surface area contributed by atoms with Crippen molar-refractivity contribution in [2.75, 3.05) is 44.3 Å². The average Bonchev–Trinajstić information content (AvgIpc) is 3.45. The van der Waals surface area contributed by atoms with Gasteiger partial charge in [0.05, 0.1) is 36.5 Å². The summed E-state index contributed by atoms with van der Waals surface area (Å²) >= 11 is 1.22. The number of rotatable bonds is 4. The molecule has 2 aromatic heterocycles. The molecule has 11 heteroatoms. The van der Waals surface area contributed by atoms with E-state index < -0.39 is 5.82 Å². The monoisotopic (exact) mass is 474 g/mol. The lowest BCUT2D eigenvalue weighted by Crippen LogP contribution is -2.46. The number of benzene rings is 1. The molecule has 2 atom stereocenters. The van der Waals surface area contributed by atoms with Gasteiger partial charge in [0.2, 0.25) is 5.58 Å². The molecule has 0 aliphatic carbocycles. The summed E-state index contributed by atoms with van der Waals surface area (Å²) in [7, 11) is 0. The minimum absolute atomic E-state index is 0.0475. The van der Waals surface area contributed by atoms with Gasteiger partial charge in [0, 0.05) is 37.1 Å². The summed E-state index contributed by atoms with van der Waals surface area (Å²) in [6, 6.07) is 1.57. The van der Waals surface area contributed by atoms with E-state index in [1.807, 2.05) is 18.7 Å². The molecular formula is C22H23FN4O5S. The molecule has 33 heavy (non-hydrogen) atoms. The summed E-state index contributed by atoms with van der Waals surface area (Å²) in [5, 5.41) is 6.44. The number of aldehydes is 1. The molecule has 0 spiro atoms. The molecule has 2 aliphatic heterocycles. The van der Waals surface area contributed by atoms with E-state index in [2.05, 4.69) is 10.1 Å². The first-order chi connectivity index (χ1) is 16.0. The molecule has 0 saturated carbocycles. The summed E-state index contributed by atoms with van der Waals surface area (Å²) in [5.74, 6) is -0.831. The molecule has 9 nitrogen and oxygen atoms in total. The number of hydrogen-bond donors (Lipinski definition) is 0. The Bertz CT molecular complexity index is 1200. The van der Waals surface area contributed by atoms with Crippen molar-refractivity contribution in [3.05, 3.63) is 28.5 Å². The van der Waals surface area contributed by atoms with Crippen molar-refractivity contribution in [1.29, 1.82) is 0 Å². The van der Waals surface area contributed by atoms with Crippen LogP contribution in [0.5, 0.6) is 0 Å². The topological polar surface area (TPSA) is 98.0 Å². The summed E-state index contributed by atoms with van der Waals surface area (Å²) in [5.41, 5.74) is 0.926. The first-order valence-electron chi connectivity index (χ1n) is 10.8. The van der Waals surface area contributed by atoms with Crippen LogP contribution in [0, 0.1) is 5.82 Å². The Balaban J connectivity index is 1.51. The number of carbonyl (C=O) groups excluding carboxylic acids is 2. The standard InChI is InChI=1S/C22H23FN4O5S/c1-12-8-27(9-13(2)31-12)19-14(10-28)7-15-18(25-32-20(15)17(19)23)21-24-16(11-33-21)22(29)26-3-5-30-6-4-26/h7,10-13H,3-6,8-9H2,1-2H3. The van der Waals surface area contributed by atoms with Crippen LogP contribution in [0.25, 0.3) is 21.7 Å². The lowest BCUT2D eigenvalue weighted by Gasteiger charge is -2.37. The second kappa shape index (κ2) is 8.81. The van der Waals surface area contributed by atoms with Gasteiger partial charge in [-0.3, -0.25) is 9.59 Å². The van der Waals surface area contributed by atoms with Gasteiger partial charge < -0.3 is 23.8 Å². The molecule has 0 N–H and O–H groups in total. The lowest BCUT2D eigenvalue weighted by molar-refractivity contribution is -0.00543. The summed E-state index contributed by atoms with van der Waals surface area (Å²) in [4.78, 5) is 32.6. The number of carbonyl (C=O) groups is 2. The van der Waals surface area contributed by atoms with E-state index in [0.29, 0.717) is 61.8 Å². The van der Waals surface area contributed by atoms with E-state index in [1.54, 1.807) is 16.3 Å². The number of morpholine rings is 2. The quantitative estimate of drug-likeness (QED) is 0.533. The number of nitrogens with zero attached hydrogens (tertiary/aromatic N) is 4. The van der Waals surface area contributed by atoms with Crippen molar-refractivity contribution in [2.24, 2.45) is 0 Å². The van der Waals surface area contributed by atoms with Crippen LogP contribution in [-0.4, -0.2) is 78.8 Å². The van der Waals surface area contributed by atoms with Gasteiger partial charge in [-0.2, -0.15) is 0 Å². The Morgan fingerprint density at radius 2 is 1.97 bits per heavy atom. The third-order valence-electron chi connectivity index (χ3n) is 5.80. The van der Waals surface area contributed by atoms with Gasteiger partial charge in [0.25, 0.3) is 5.91 Å². The molecule has 1 amide bonds. The van der Waals surface area contributed by atoms with Crippen LogP contribution < -0.4 is 4.90 Å². The Kier molecular flexibility index (Phi) is 5.85. The average molecular weight is 475 g/mol. The van der Waals surface area contributed by atoms with E-state index in [1.165, 1.54) is 11.3 Å². The van der Waals surface area contributed by atoms with Crippen LogP contribution >= 0.6 is 11.3 Å². The number of amides is 1. The number of hydrogen-bond acceptors (Lipinski definition) is 9. The minimum Gasteiger partial charge on any atom is -0.378 e. The van der Waals surface area contributed by atoms with Crippen LogP contribution in [0.3, 0.4) is 0 Å². The number of anilines is 1. The maximum atomic E-state index is 15.6. The molecule has 2 saturated heterocycles. The highest BCUT2D eigenvalue weighted by atomic mass is 32.1. The molecule has 1 aromatic carbocycles. The highest BCUT2D eigenvalue weighted by Crippen LogP contribution is 2.38. The van der Waals surface area contributed by atoms with E-state index in [-0.39, 0.29) is 40.6 Å². The van der Waals surface area contributed by atoms with Gasteiger partial charge in [-0.05, 0) is 19.9 Å². The molecule has 0 radical (unpaired) electrons. The van der Waals surface area contributed by atoms with Crippen molar-refractivity contribution in [2.45, 2.75) is 26.1 Å². The molecule has 0 bridgehead atoms. The van der Waals surface area contributed by atoms with Gasteiger partial charge in [-0.25, -0.2) is 9.37 Å². The minimum atomic E-state index is -0.643. The molecule has 2 fully saturated rings. The zero-order valence-electron chi connectivity index (χ0n) is 18.2. The van der Waals surface area contributed by atoms with Gasteiger partial charge in [0.15, 0.2) is 17.8 Å². The van der Waals surface area contributed by atoms with Crippen LogP contribution in [0.4, 0.5) is 10.1 Å². The molecular weight excluding hydrogens is 451 g/mol. The fourth-order valence-corrected chi connectivity index (χ4v) is 5.17. The van der Waals surface area contributed by atoms with Crippen LogP contribution in [-0.2, 0) is 9.47 Å².